The Kier molecular flexibility index (Phi) is 7.76. The number of aromatic nitrogens is 1. The van der Waals surface area contributed by atoms with Gasteiger partial charge in [0, 0.05) is 24.1 Å². The van der Waals surface area contributed by atoms with Crippen LogP contribution in [0.3, 0.4) is 0 Å². The van der Waals surface area contributed by atoms with Crippen LogP contribution in [0.25, 0.3) is 10.2 Å². The lowest BCUT2D eigenvalue weighted by atomic mass is 9.85. The number of carbonyl (C=O) groups excluding carboxylic acids is 5. The Morgan fingerprint density at radius 1 is 1.13 bits per heavy atom. The van der Waals surface area contributed by atoms with Crippen molar-refractivity contribution in [2.75, 3.05) is 6.54 Å². The highest BCUT2D eigenvalue weighted by molar-refractivity contribution is 7.20. The summed E-state index contributed by atoms with van der Waals surface area (Å²) in [6.45, 7) is 8.48. The maximum Gasteiger partial charge on any atom is 0.471 e. The van der Waals surface area contributed by atoms with Crippen LogP contribution in [-0.2, 0) is 19.2 Å². The molecule has 3 heterocycles. The van der Waals surface area contributed by atoms with Gasteiger partial charge in [-0.1, -0.05) is 34.6 Å². The van der Waals surface area contributed by atoms with Crippen LogP contribution >= 0.6 is 11.3 Å². The average molecular weight is 680 g/mol. The second kappa shape index (κ2) is 11.0. The van der Waals surface area contributed by atoms with Crippen LogP contribution in [0.15, 0.2) is 18.2 Å². The number of benzene rings is 1. The van der Waals surface area contributed by atoms with Crippen molar-refractivity contribution in [3.05, 3.63) is 29.0 Å². The smallest absolute Gasteiger partial charge is 0.350 e. The molecule has 1 aromatic heterocycles. The van der Waals surface area contributed by atoms with Gasteiger partial charge in [0.1, 0.15) is 17.9 Å². The molecule has 2 aliphatic heterocycles. The summed E-state index contributed by atoms with van der Waals surface area (Å²) >= 11 is 1.03. The van der Waals surface area contributed by atoms with E-state index in [-0.39, 0.29) is 52.2 Å². The average Bonchev–Trinajstić information content (AvgIpc) is 3.54. The van der Waals surface area contributed by atoms with Crippen LogP contribution in [0.1, 0.15) is 70.1 Å². The molecule has 4 aliphatic rings. The predicted molar refractivity (Wildman–Crippen MR) is 162 cm³/mol. The van der Waals surface area contributed by atoms with Gasteiger partial charge in [0.05, 0.1) is 16.3 Å². The number of thiazole rings is 1. The van der Waals surface area contributed by atoms with E-state index in [0.29, 0.717) is 11.1 Å². The lowest BCUT2D eigenvalue weighted by molar-refractivity contribution is -0.176. The number of alkyl halides is 3. The molecule has 2 aromatic rings. The van der Waals surface area contributed by atoms with Gasteiger partial charge in [-0.05, 0) is 60.5 Å². The summed E-state index contributed by atoms with van der Waals surface area (Å²) in [6, 6.07) is -0.0224. The standard InChI is InChI=1S/C32H37F4N5O5S/c1-29(2,3)23(39-28(46)32(34,35)36)27(45)41-13-16-20(30(16,4)5)21(41)25(44)37-18(10-14-12-31(8-9-31)40-24(14)43)22(42)26-38-17-11-15(33)6-7-19(17)47-26/h6-7,11,14,16,18,20-21,23H,8-10,12-13H2,1-5H3,(H,37,44)(H,39,46)(H,40,43)/t14-,16+,18+,20+,21+,23-/m1/s1. The molecule has 2 aliphatic carbocycles. The Hall–Kier alpha value is -3.62. The number of nitrogens with zero attached hydrogens (tertiary/aromatic N) is 2. The van der Waals surface area contributed by atoms with Gasteiger partial charge >= 0.3 is 12.1 Å². The number of piperidine rings is 1. The van der Waals surface area contributed by atoms with Gasteiger partial charge in [-0.25, -0.2) is 9.37 Å². The molecule has 3 N–H and O–H groups in total. The third-order valence-electron chi connectivity index (χ3n) is 10.4. The molecule has 2 saturated carbocycles. The topological polar surface area (TPSA) is 138 Å². The zero-order valence-electron chi connectivity index (χ0n) is 26.6. The molecule has 4 amide bonds. The summed E-state index contributed by atoms with van der Waals surface area (Å²) in [5.74, 6) is -6.17. The van der Waals surface area contributed by atoms with Crippen LogP contribution in [0.2, 0.25) is 0 Å². The summed E-state index contributed by atoms with van der Waals surface area (Å²) in [4.78, 5) is 72.5. The van der Waals surface area contributed by atoms with E-state index in [9.17, 15) is 41.5 Å². The zero-order valence-corrected chi connectivity index (χ0v) is 27.4. The first kappa shape index (κ1) is 33.3. The SMILES string of the molecule is CC(C)(C)[C@H](NC(=O)C(F)(F)F)C(=O)N1C[C@H]2[C@@H]([C@H]1C(=O)N[C@@H](C[C@@H]1CC3(CC3)NC1=O)C(=O)c1nc3cc(F)ccc3s1)C2(C)C. The summed E-state index contributed by atoms with van der Waals surface area (Å²) in [5.41, 5.74) is -1.54. The third-order valence-corrected chi connectivity index (χ3v) is 11.4. The summed E-state index contributed by atoms with van der Waals surface area (Å²) < 4.78 is 54.1. The number of hydrogen-bond acceptors (Lipinski definition) is 7. The molecule has 4 fully saturated rings. The highest BCUT2D eigenvalue weighted by Crippen LogP contribution is 2.65. The quantitative estimate of drug-likeness (QED) is 0.287. The largest absolute Gasteiger partial charge is 0.471 e. The molecule has 254 valence electrons. The number of Topliss-reactive ketones (excluding diaryl/α,β-unsaturated/α-hetero) is 1. The first-order chi connectivity index (χ1) is 21.7. The first-order valence-corrected chi connectivity index (χ1v) is 16.4. The monoisotopic (exact) mass is 679 g/mol. The molecule has 6 rings (SSSR count). The van der Waals surface area contributed by atoms with Crippen molar-refractivity contribution in [1.29, 1.82) is 0 Å². The molecule has 2 saturated heterocycles. The number of fused-ring (bicyclic) bond motifs is 2. The van der Waals surface area contributed by atoms with Crippen molar-refractivity contribution in [2.24, 2.45) is 28.6 Å². The Labute approximate surface area is 272 Å². The fourth-order valence-electron chi connectivity index (χ4n) is 7.42. The third kappa shape index (κ3) is 6.11. The van der Waals surface area contributed by atoms with Crippen LogP contribution in [0, 0.1) is 34.4 Å². The molecular formula is C32H37F4N5O5S. The first-order valence-electron chi connectivity index (χ1n) is 15.6. The molecule has 0 radical (unpaired) electrons. The number of amides is 4. The van der Waals surface area contributed by atoms with E-state index in [1.54, 1.807) is 0 Å². The van der Waals surface area contributed by atoms with Crippen LogP contribution < -0.4 is 16.0 Å². The maximum absolute atomic E-state index is 14.2. The molecule has 15 heteroatoms. The highest BCUT2D eigenvalue weighted by atomic mass is 32.1. The molecule has 1 aromatic carbocycles. The lowest BCUT2D eigenvalue weighted by Gasteiger charge is -2.38. The Bertz CT molecular complexity index is 1680. The van der Waals surface area contributed by atoms with Crippen molar-refractivity contribution in [2.45, 2.75) is 90.1 Å². The minimum atomic E-state index is -5.22. The summed E-state index contributed by atoms with van der Waals surface area (Å²) in [5, 5.41) is 7.63. The number of hydrogen-bond donors (Lipinski definition) is 3. The fourth-order valence-corrected chi connectivity index (χ4v) is 8.36. The van der Waals surface area contributed by atoms with Crippen molar-refractivity contribution in [1.82, 2.24) is 25.8 Å². The number of likely N-dealkylation sites (tertiary alicyclic amines) is 1. The second-order valence-electron chi connectivity index (χ2n) is 15.1. The van der Waals surface area contributed by atoms with Gasteiger partial charge in [-0.3, -0.25) is 24.0 Å². The number of carbonyl (C=O) groups is 5. The minimum Gasteiger partial charge on any atom is -0.350 e. The van der Waals surface area contributed by atoms with Crippen molar-refractivity contribution >= 4 is 51.0 Å². The van der Waals surface area contributed by atoms with Gasteiger partial charge < -0.3 is 20.9 Å². The van der Waals surface area contributed by atoms with Gasteiger partial charge in [0.25, 0.3) is 0 Å². The maximum atomic E-state index is 14.2. The molecule has 1 spiro atoms. The van der Waals surface area contributed by atoms with E-state index in [1.165, 1.54) is 43.9 Å². The molecule has 47 heavy (non-hydrogen) atoms. The van der Waals surface area contributed by atoms with Crippen LogP contribution in [0.5, 0.6) is 0 Å². The minimum absolute atomic E-state index is 0.0158. The van der Waals surface area contributed by atoms with Crippen molar-refractivity contribution in [3.8, 4) is 0 Å². The molecule has 0 bridgehead atoms. The zero-order chi connectivity index (χ0) is 34.4. The van der Waals surface area contributed by atoms with E-state index >= 15 is 0 Å². The number of halogens is 4. The molecule has 10 nitrogen and oxygen atoms in total. The van der Waals surface area contributed by atoms with Crippen LogP contribution in [-0.4, -0.2) is 75.7 Å². The normalized spacial score (nSPS) is 26.8. The van der Waals surface area contributed by atoms with E-state index in [2.05, 4.69) is 15.6 Å². The van der Waals surface area contributed by atoms with Crippen molar-refractivity contribution < 1.29 is 41.5 Å². The van der Waals surface area contributed by atoms with E-state index < -0.39 is 65.0 Å². The molecular weight excluding hydrogens is 642 g/mol. The number of ketones is 1. The van der Waals surface area contributed by atoms with Gasteiger partial charge in [-0.15, -0.1) is 11.3 Å². The second-order valence-corrected chi connectivity index (χ2v) is 16.2. The van der Waals surface area contributed by atoms with E-state index in [0.717, 1.165) is 24.2 Å². The Morgan fingerprint density at radius 3 is 2.40 bits per heavy atom. The van der Waals surface area contributed by atoms with Gasteiger partial charge in [0.2, 0.25) is 23.5 Å². The van der Waals surface area contributed by atoms with Gasteiger partial charge in [0.15, 0.2) is 5.01 Å². The van der Waals surface area contributed by atoms with E-state index in [1.807, 2.05) is 19.2 Å². The van der Waals surface area contributed by atoms with E-state index in [4.69, 9.17) is 0 Å². The lowest BCUT2D eigenvalue weighted by Crippen LogP contribution is -2.61. The highest BCUT2D eigenvalue weighted by Gasteiger charge is 2.70. The Morgan fingerprint density at radius 2 is 1.81 bits per heavy atom. The van der Waals surface area contributed by atoms with Gasteiger partial charge in [-0.2, -0.15) is 13.2 Å². The molecule has 6 atom stereocenters. The predicted octanol–water partition coefficient (Wildman–Crippen LogP) is 3.74. The molecule has 0 unspecified atom stereocenters. The summed E-state index contributed by atoms with van der Waals surface area (Å²) in [6.07, 6.45) is -3.12. The number of rotatable bonds is 8. The summed E-state index contributed by atoms with van der Waals surface area (Å²) in [7, 11) is 0. The van der Waals surface area contributed by atoms with Crippen molar-refractivity contribution in [3.63, 3.8) is 0 Å². The fraction of sp³-hybridized carbons (Fsp3) is 0.625. The Balaban J connectivity index is 1.29. The number of nitrogens with one attached hydrogen (secondary N) is 3. The van der Waals surface area contributed by atoms with Crippen LogP contribution in [0.4, 0.5) is 17.6 Å².